The van der Waals surface area contributed by atoms with Crippen LogP contribution in [0, 0.1) is 4.91 Å². The minimum Gasteiger partial charge on any atom is -0.870 e. The second-order valence-electron chi connectivity index (χ2n) is 4.42. The Balaban J connectivity index is 0.00000242. The number of thioether (sulfide) groups is 1. The number of hydrogen-bond donors (Lipinski definition) is 1. The molecular formula is C15H14F3NO2S. The summed E-state index contributed by atoms with van der Waals surface area (Å²) in [5.41, 5.74) is 0.745. The molecule has 0 amide bonds. The number of nitroso groups, excluding NO2 is 1. The standard InChI is InChI=1S/C15H12F3NOS.H2O/c16-15(17,18)12-3-1-11(2-4-12)9-10-21-14-7-5-13(19-20)6-8-14;/h1-8H,9-10H2;1H2. The first-order valence-corrected chi connectivity index (χ1v) is 7.25. The van der Waals surface area contributed by atoms with Crippen LogP contribution in [-0.4, -0.2) is 11.2 Å². The smallest absolute Gasteiger partial charge is 0.416 e. The first-order chi connectivity index (χ1) is 9.99. The minimum atomic E-state index is -4.29. The molecule has 0 aliphatic rings. The molecule has 2 rings (SSSR count). The molecule has 0 saturated heterocycles. The number of rotatable bonds is 5. The van der Waals surface area contributed by atoms with E-state index in [0.717, 1.165) is 28.3 Å². The summed E-state index contributed by atoms with van der Waals surface area (Å²) in [4.78, 5) is 11.4. The lowest BCUT2D eigenvalue weighted by Gasteiger charge is -2.07. The van der Waals surface area contributed by atoms with Crippen LogP contribution in [0.5, 0.6) is 0 Å². The van der Waals surface area contributed by atoms with Gasteiger partial charge in [0.15, 0.2) is 0 Å². The molecule has 0 unspecified atom stereocenters. The van der Waals surface area contributed by atoms with Crippen molar-refractivity contribution >= 4 is 17.4 Å². The van der Waals surface area contributed by atoms with Gasteiger partial charge >= 0.3 is 6.18 Å². The summed E-state index contributed by atoms with van der Waals surface area (Å²) in [6.07, 6.45) is -3.60. The van der Waals surface area contributed by atoms with E-state index in [2.05, 4.69) is 0 Å². The summed E-state index contributed by atoms with van der Waals surface area (Å²) < 4.78 is 37.3. The molecule has 0 spiro atoms. The topological polar surface area (TPSA) is 61.0 Å². The molecule has 0 fully saturated rings. The highest BCUT2D eigenvalue weighted by molar-refractivity contribution is 7.99. The van der Waals surface area contributed by atoms with Crippen molar-refractivity contribution in [2.45, 2.75) is 17.5 Å². The Hall–Kier alpha value is -1.86. The van der Waals surface area contributed by atoms with Crippen molar-refractivity contribution < 1.29 is 23.8 Å². The largest absolute Gasteiger partial charge is 0.870 e. The van der Waals surface area contributed by atoms with Gasteiger partial charge in [0, 0.05) is 32.9 Å². The average Bonchev–Trinajstić information content (AvgIpc) is 2.47. The molecule has 22 heavy (non-hydrogen) atoms. The molecular weight excluding hydrogens is 315 g/mol. The fourth-order valence-corrected chi connectivity index (χ4v) is 2.67. The van der Waals surface area contributed by atoms with Gasteiger partial charge < -0.3 is 5.48 Å². The van der Waals surface area contributed by atoms with Gasteiger partial charge in [-0.05, 0) is 36.2 Å². The SMILES string of the molecule is O=[NH+]c1ccc(SCCc2ccc(C(F)(F)F)cc2)cc1.[OH-]. The summed E-state index contributed by atoms with van der Waals surface area (Å²) in [5.74, 6) is 0.759. The number of alkyl halides is 3. The highest BCUT2D eigenvalue weighted by atomic mass is 32.2. The molecule has 118 valence electrons. The Kier molecular flexibility index (Phi) is 6.58. The van der Waals surface area contributed by atoms with Crippen molar-refractivity contribution in [1.82, 2.24) is 0 Å². The Morgan fingerprint density at radius 3 is 2.05 bits per heavy atom. The van der Waals surface area contributed by atoms with Gasteiger partial charge in [0.2, 0.25) is 0 Å². The number of aryl methyl sites for hydroxylation is 1. The summed E-state index contributed by atoms with van der Waals surface area (Å²) in [5, 5.41) is 1.80. The number of hydrogen-bond acceptors (Lipinski definition) is 3. The van der Waals surface area contributed by atoms with E-state index in [1.807, 2.05) is 12.1 Å². The lowest BCUT2D eigenvalue weighted by molar-refractivity contribution is -0.379. The molecule has 2 aromatic rings. The van der Waals surface area contributed by atoms with E-state index in [4.69, 9.17) is 0 Å². The lowest BCUT2D eigenvalue weighted by Crippen LogP contribution is -2.55. The van der Waals surface area contributed by atoms with Gasteiger partial charge in [-0.2, -0.15) is 13.2 Å². The van der Waals surface area contributed by atoms with Gasteiger partial charge in [0.25, 0.3) is 5.69 Å². The zero-order valence-electron chi connectivity index (χ0n) is 11.4. The van der Waals surface area contributed by atoms with Gasteiger partial charge in [-0.25, -0.2) is 0 Å². The van der Waals surface area contributed by atoms with Crippen LogP contribution >= 0.6 is 11.8 Å². The van der Waals surface area contributed by atoms with Crippen LogP contribution in [-0.2, 0) is 12.6 Å². The Morgan fingerprint density at radius 2 is 1.55 bits per heavy atom. The predicted molar refractivity (Wildman–Crippen MR) is 78.2 cm³/mol. The Morgan fingerprint density at radius 1 is 0.955 bits per heavy atom. The fourth-order valence-electron chi connectivity index (χ4n) is 1.77. The zero-order chi connectivity index (χ0) is 15.3. The van der Waals surface area contributed by atoms with Gasteiger partial charge in [0.1, 0.15) is 0 Å². The Bertz CT molecular complexity index is 598. The maximum atomic E-state index is 12.4. The van der Waals surface area contributed by atoms with Crippen LogP contribution in [0.2, 0.25) is 0 Å². The van der Waals surface area contributed by atoms with E-state index in [-0.39, 0.29) is 5.48 Å². The third kappa shape index (κ3) is 5.16. The molecule has 0 aromatic heterocycles. The lowest BCUT2D eigenvalue weighted by atomic mass is 10.1. The molecule has 0 heterocycles. The Labute approximate surface area is 129 Å². The minimum absolute atomic E-state index is 0. The molecule has 2 N–H and O–H groups in total. The van der Waals surface area contributed by atoms with Crippen LogP contribution in [0.15, 0.2) is 53.4 Å². The van der Waals surface area contributed by atoms with Gasteiger partial charge in [-0.15, -0.1) is 11.8 Å². The second-order valence-corrected chi connectivity index (χ2v) is 5.59. The van der Waals surface area contributed by atoms with E-state index in [1.54, 1.807) is 29.1 Å². The van der Waals surface area contributed by atoms with Crippen molar-refractivity contribution in [2.24, 2.45) is 0 Å². The molecule has 0 atom stereocenters. The molecule has 0 aliphatic carbocycles. The zero-order valence-corrected chi connectivity index (χ0v) is 12.2. The molecule has 3 nitrogen and oxygen atoms in total. The highest BCUT2D eigenvalue weighted by Gasteiger charge is 2.29. The third-order valence-electron chi connectivity index (χ3n) is 2.91. The normalized spacial score (nSPS) is 10.9. The van der Waals surface area contributed by atoms with Crippen LogP contribution < -0.4 is 5.18 Å². The first kappa shape index (κ1) is 18.2. The number of halogens is 3. The number of nitrogens with one attached hydrogen (secondary N) is 1. The maximum absolute atomic E-state index is 12.4. The van der Waals surface area contributed by atoms with Crippen molar-refractivity contribution in [2.75, 3.05) is 5.75 Å². The maximum Gasteiger partial charge on any atom is 0.416 e. The van der Waals surface area contributed by atoms with E-state index in [9.17, 15) is 18.1 Å². The van der Waals surface area contributed by atoms with E-state index in [0.29, 0.717) is 12.1 Å². The van der Waals surface area contributed by atoms with Crippen molar-refractivity contribution in [1.29, 1.82) is 0 Å². The summed E-state index contributed by atoms with van der Waals surface area (Å²) in [6, 6.07) is 12.3. The predicted octanol–water partition coefficient (Wildman–Crippen LogP) is 3.34. The summed E-state index contributed by atoms with van der Waals surface area (Å²) in [6.45, 7) is 0. The summed E-state index contributed by atoms with van der Waals surface area (Å²) in [7, 11) is 0. The molecule has 0 radical (unpaired) electrons. The monoisotopic (exact) mass is 329 g/mol. The van der Waals surface area contributed by atoms with Crippen molar-refractivity contribution in [3.8, 4) is 0 Å². The third-order valence-corrected chi connectivity index (χ3v) is 3.93. The van der Waals surface area contributed by atoms with Crippen molar-refractivity contribution in [3.63, 3.8) is 0 Å². The van der Waals surface area contributed by atoms with Crippen LogP contribution in [0.4, 0.5) is 18.9 Å². The molecule has 7 heteroatoms. The number of benzene rings is 2. The molecule has 0 saturated carbocycles. The fraction of sp³-hybridized carbons (Fsp3) is 0.200. The van der Waals surface area contributed by atoms with E-state index < -0.39 is 11.7 Å². The van der Waals surface area contributed by atoms with Crippen LogP contribution in [0.3, 0.4) is 0 Å². The molecule has 0 aliphatic heterocycles. The van der Waals surface area contributed by atoms with Gasteiger partial charge in [-0.3, -0.25) is 0 Å². The van der Waals surface area contributed by atoms with Gasteiger partial charge in [0.05, 0.1) is 5.56 Å². The molecule has 2 aromatic carbocycles. The second kappa shape index (κ2) is 7.95. The average molecular weight is 329 g/mol. The van der Waals surface area contributed by atoms with Gasteiger partial charge in [-0.1, -0.05) is 12.1 Å². The molecule has 0 bridgehead atoms. The van der Waals surface area contributed by atoms with Crippen LogP contribution in [0.25, 0.3) is 0 Å². The first-order valence-electron chi connectivity index (χ1n) is 6.26. The van der Waals surface area contributed by atoms with E-state index in [1.165, 1.54) is 12.1 Å². The van der Waals surface area contributed by atoms with E-state index >= 15 is 0 Å². The van der Waals surface area contributed by atoms with Crippen LogP contribution in [0.1, 0.15) is 11.1 Å². The van der Waals surface area contributed by atoms with Crippen molar-refractivity contribution in [3.05, 3.63) is 64.6 Å². The highest BCUT2D eigenvalue weighted by Crippen LogP contribution is 2.29. The quantitative estimate of drug-likeness (QED) is 0.856. The summed E-state index contributed by atoms with van der Waals surface area (Å²) >= 11 is 1.59.